The van der Waals surface area contributed by atoms with E-state index < -0.39 is 0 Å². The first-order chi connectivity index (χ1) is 7.51. The average molecular weight is 347 g/mol. The number of aliphatic imine (C=N–C) groups is 1. The van der Waals surface area contributed by atoms with Crippen LogP contribution in [0.2, 0.25) is 0 Å². The van der Waals surface area contributed by atoms with Crippen molar-refractivity contribution in [1.82, 2.24) is 10.6 Å². The maximum atomic E-state index is 4.18. The molecule has 0 amide bonds. The number of hydrogen-bond acceptors (Lipinski definition) is 1. The molecule has 96 valence electrons. The van der Waals surface area contributed by atoms with Gasteiger partial charge >= 0.3 is 0 Å². The van der Waals surface area contributed by atoms with Crippen LogP contribution in [0, 0.1) is 0 Å². The van der Waals surface area contributed by atoms with Crippen molar-refractivity contribution < 1.29 is 0 Å². The Morgan fingerprint density at radius 1 is 1.18 bits per heavy atom. The standard InChI is InChI=1S/C13H21N3.HI/c1-13(2,3)16-12(14-4)15-10-11-8-6-5-7-9-11;/h5-9H,10H2,1-4H3,(H2,14,15,16);1H. The summed E-state index contributed by atoms with van der Waals surface area (Å²) in [4.78, 5) is 4.18. The zero-order valence-electron chi connectivity index (χ0n) is 10.9. The zero-order valence-corrected chi connectivity index (χ0v) is 13.3. The minimum absolute atomic E-state index is 0. The van der Waals surface area contributed by atoms with Crippen LogP contribution in [0.25, 0.3) is 0 Å². The summed E-state index contributed by atoms with van der Waals surface area (Å²) in [6.07, 6.45) is 0. The largest absolute Gasteiger partial charge is 0.352 e. The number of nitrogens with zero attached hydrogens (tertiary/aromatic N) is 1. The Kier molecular flexibility index (Phi) is 7.18. The molecule has 0 aliphatic heterocycles. The van der Waals surface area contributed by atoms with Gasteiger partial charge in [0.25, 0.3) is 0 Å². The van der Waals surface area contributed by atoms with Gasteiger partial charge < -0.3 is 10.6 Å². The molecule has 2 N–H and O–H groups in total. The van der Waals surface area contributed by atoms with Gasteiger partial charge in [-0.25, -0.2) is 0 Å². The lowest BCUT2D eigenvalue weighted by molar-refractivity contribution is 0.501. The van der Waals surface area contributed by atoms with E-state index in [2.05, 4.69) is 48.5 Å². The molecule has 0 fully saturated rings. The lowest BCUT2D eigenvalue weighted by Crippen LogP contribution is -2.47. The molecule has 0 aromatic heterocycles. The van der Waals surface area contributed by atoms with Gasteiger partial charge in [0.2, 0.25) is 0 Å². The van der Waals surface area contributed by atoms with Gasteiger partial charge in [-0.2, -0.15) is 0 Å². The SMILES string of the molecule is CN=C(NCc1ccccc1)NC(C)(C)C.I. The maximum Gasteiger partial charge on any atom is 0.191 e. The predicted molar refractivity (Wildman–Crippen MR) is 84.9 cm³/mol. The Hall–Kier alpha value is -0.780. The second kappa shape index (κ2) is 7.53. The summed E-state index contributed by atoms with van der Waals surface area (Å²) in [7, 11) is 1.78. The minimum Gasteiger partial charge on any atom is -0.352 e. The van der Waals surface area contributed by atoms with Crippen molar-refractivity contribution in [3.8, 4) is 0 Å². The molecule has 0 radical (unpaired) electrons. The van der Waals surface area contributed by atoms with Crippen molar-refractivity contribution in [2.24, 2.45) is 4.99 Å². The van der Waals surface area contributed by atoms with Crippen molar-refractivity contribution in [2.75, 3.05) is 7.05 Å². The van der Waals surface area contributed by atoms with E-state index in [1.807, 2.05) is 18.2 Å². The number of benzene rings is 1. The van der Waals surface area contributed by atoms with Gasteiger partial charge in [-0.05, 0) is 26.3 Å². The molecular weight excluding hydrogens is 325 g/mol. The minimum atomic E-state index is 0. The number of nitrogens with one attached hydrogen (secondary N) is 2. The molecule has 0 aliphatic rings. The molecule has 0 unspecified atom stereocenters. The van der Waals surface area contributed by atoms with E-state index in [0.717, 1.165) is 12.5 Å². The molecule has 0 heterocycles. The van der Waals surface area contributed by atoms with Gasteiger partial charge in [-0.1, -0.05) is 30.3 Å². The van der Waals surface area contributed by atoms with Crippen LogP contribution in [0.3, 0.4) is 0 Å². The maximum absolute atomic E-state index is 4.18. The molecule has 0 aliphatic carbocycles. The van der Waals surface area contributed by atoms with Crippen LogP contribution in [0.5, 0.6) is 0 Å². The van der Waals surface area contributed by atoms with E-state index >= 15 is 0 Å². The van der Waals surface area contributed by atoms with E-state index in [0.29, 0.717) is 0 Å². The van der Waals surface area contributed by atoms with Crippen LogP contribution >= 0.6 is 24.0 Å². The fraction of sp³-hybridized carbons (Fsp3) is 0.462. The van der Waals surface area contributed by atoms with Crippen LogP contribution in [-0.2, 0) is 6.54 Å². The summed E-state index contributed by atoms with van der Waals surface area (Å²) in [6.45, 7) is 7.13. The number of rotatable bonds is 2. The van der Waals surface area contributed by atoms with E-state index in [-0.39, 0.29) is 29.5 Å². The summed E-state index contributed by atoms with van der Waals surface area (Å²) < 4.78 is 0. The van der Waals surface area contributed by atoms with Gasteiger partial charge in [0.05, 0.1) is 0 Å². The van der Waals surface area contributed by atoms with Crippen LogP contribution in [0.15, 0.2) is 35.3 Å². The molecule has 0 saturated carbocycles. The Morgan fingerprint density at radius 2 is 1.76 bits per heavy atom. The molecule has 0 saturated heterocycles. The summed E-state index contributed by atoms with van der Waals surface area (Å²) in [5.74, 6) is 0.830. The van der Waals surface area contributed by atoms with Gasteiger partial charge in [0.15, 0.2) is 5.96 Å². The zero-order chi connectivity index (χ0) is 12.0. The molecule has 1 rings (SSSR count). The first-order valence-electron chi connectivity index (χ1n) is 5.54. The van der Waals surface area contributed by atoms with Crippen LogP contribution in [-0.4, -0.2) is 18.5 Å². The fourth-order valence-electron chi connectivity index (χ4n) is 1.32. The molecule has 0 spiro atoms. The molecule has 0 bridgehead atoms. The molecule has 4 heteroatoms. The van der Waals surface area contributed by atoms with E-state index in [1.54, 1.807) is 7.05 Å². The molecular formula is C13H22IN3. The monoisotopic (exact) mass is 347 g/mol. The van der Waals surface area contributed by atoms with Crippen molar-refractivity contribution in [3.05, 3.63) is 35.9 Å². The average Bonchev–Trinajstić information content (AvgIpc) is 2.24. The van der Waals surface area contributed by atoms with Crippen molar-refractivity contribution in [3.63, 3.8) is 0 Å². The topological polar surface area (TPSA) is 36.4 Å². The Bertz CT molecular complexity index is 341. The van der Waals surface area contributed by atoms with Crippen molar-refractivity contribution >= 4 is 29.9 Å². The van der Waals surface area contributed by atoms with Gasteiger partial charge in [0, 0.05) is 19.1 Å². The molecule has 3 nitrogen and oxygen atoms in total. The first-order valence-corrected chi connectivity index (χ1v) is 5.54. The van der Waals surface area contributed by atoms with Crippen LogP contribution < -0.4 is 10.6 Å². The highest BCUT2D eigenvalue weighted by atomic mass is 127. The molecule has 1 aromatic rings. The molecule has 17 heavy (non-hydrogen) atoms. The predicted octanol–water partition coefficient (Wildman–Crippen LogP) is 2.77. The highest BCUT2D eigenvalue weighted by Gasteiger charge is 2.11. The quantitative estimate of drug-likeness (QED) is 0.490. The summed E-state index contributed by atoms with van der Waals surface area (Å²) in [5.41, 5.74) is 1.28. The van der Waals surface area contributed by atoms with E-state index in [9.17, 15) is 0 Å². The van der Waals surface area contributed by atoms with Crippen molar-refractivity contribution in [1.29, 1.82) is 0 Å². The summed E-state index contributed by atoms with van der Waals surface area (Å²) >= 11 is 0. The second-order valence-corrected chi connectivity index (χ2v) is 4.79. The summed E-state index contributed by atoms with van der Waals surface area (Å²) in [5, 5.41) is 6.60. The lowest BCUT2D eigenvalue weighted by Gasteiger charge is -2.23. The van der Waals surface area contributed by atoms with E-state index in [1.165, 1.54) is 5.56 Å². The number of hydrogen-bond donors (Lipinski definition) is 2. The Morgan fingerprint density at radius 3 is 2.24 bits per heavy atom. The highest BCUT2D eigenvalue weighted by molar-refractivity contribution is 14.0. The second-order valence-electron chi connectivity index (χ2n) is 4.79. The van der Waals surface area contributed by atoms with Crippen molar-refractivity contribution in [2.45, 2.75) is 32.9 Å². The number of halogens is 1. The molecule has 1 aromatic carbocycles. The normalized spacial score (nSPS) is 11.6. The Balaban J connectivity index is 0.00000256. The first kappa shape index (κ1) is 16.2. The summed E-state index contributed by atoms with van der Waals surface area (Å²) in [6, 6.07) is 10.3. The van der Waals surface area contributed by atoms with Crippen LogP contribution in [0.1, 0.15) is 26.3 Å². The lowest BCUT2D eigenvalue weighted by atomic mass is 10.1. The Labute approximate surface area is 121 Å². The highest BCUT2D eigenvalue weighted by Crippen LogP contribution is 1.99. The third-order valence-corrected chi connectivity index (χ3v) is 2.02. The van der Waals surface area contributed by atoms with Gasteiger partial charge in [0.1, 0.15) is 0 Å². The third kappa shape index (κ3) is 7.20. The van der Waals surface area contributed by atoms with Gasteiger partial charge in [-0.3, -0.25) is 4.99 Å². The fourth-order valence-corrected chi connectivity index (χ4v) is 1.32. The third-order valence-electron chi connectivity index (χ3n) is 2.02. The van der Waals surface area contributed by atoms with Gasteiger partial charge in [-0.15, -0.1) is 24.0 Å². The smallest absolute Gasteiger partial charge is 0.191 e. The molecule has 0 atom stereocenters. The van der Waals surface area contributed by atoms with E-state index in [4.69, 9.17) is 0 Å². The van der Waals surface area contributed by atoms with Crippen LogP contribution in [0.4, 0.5) is 0 Å². The number of guanidine groups is 1.